The van der Waals surface area contributed by atoms with Crippen LogP contribution in [0.1, 0.15) is 24.3 Å². The molecule has 0 aliphatic rings. The van der Waals surface area contributed by atoms with Gasteiger partial charge >= 0.3 is 6.03 Å². The molecule has 0 fully saturated rings. The first-order chi connectivity index (χ1) is 11.1. The minimum atomic E-state index is -0.993. The van der Waals surface area contributed by atoms with E-state index in [9.17, 15) is 9.00 Å². The molecular formula is C17H22N2O3S. The zero-order valence-corrected chi connectivity index (χ0v) is 14.2. The molecule has 0 radical (unpaired) electrons. The number of carbonyl (C=O) groups is 1. The van der Waals surface area contributed by atoms with Gasteiger partial charge in [0.25, 0.3) is 0 Å². The minimum Gasteiger partial charge on any atom is -0.467 e. The molecule has 1 N–H and O–H groups in total. The van der Waals surface area contributed by atoms with Gasteiger partial charge in [-0.05, 0) is 24.6 Å². The van der Waals surface area contributed by atoms with Crippen LogP contribution >= 0.6 is 0 Å². The number of amides is 2. The summed E-state index contributed by atoms with van der Waals surface area (Å²) >= 11 is 0. The first kappa shape index (κ1) is 17.3. The molecule has 2 amide bonds. The second kappa shape index (κ2) is 8.53. The van der Waals surface area contributed by atoms with E-state index in [-0.39, 0.29) is 12.1 Å². The highest BCUT2D eigenvalue weighted by Gasteiger charge is 2.19. The average Bonchev–Trinajstić information content (AvgIpc) is 3.08. The zero-order chi connectivity index (χ0) is 16.7. The van der Waals surface area contributed by atoms with Gasteiger partial charge in [-0.3, -0.25) is 4.21 Å². The van der Waals surface area contributed by atoms with Crippen LogP contribution in [0.15, 0.2) is 53.1 Å². The van der Waals surface area contributed by atoms with E-state index in [4.69, 9.17) is 4.42 Å². The van der Waals surface area contributed by atoms with Crippen molar-refractivity contribution in [2.45, 2.75) is 18.7 Å². The van der Waals surface area contributed by atoms with Crippen molar-refractivity contribution in [2.75, 3.05) is 19.3 Å². The maximum atomic E-state index is 12.1. The number of furan rings is 1. The first-order valence-electron chi connectivity index (χ1n) is 7.51. The summed E-state index contributed by atoms with van der Waals surface area (Å²) in [5, 5.41) is 2.79. The van der Waals surface area contributed by atoms with Crippen LogP contribution in [0.5, 0.6) is 0 Å². The van der Waals surface area contributed by atoms with Crippen molar-refractivity contribution in [1.29, 1.82) is 0 Å². The molecule has 23 heavy (non-hydrogen) atoms. The molecule has 0 saturated heterocycles. The molecule has 2 rings (SSSR count). The highest BCUT2D eigenvalue weighted by atomic mass is 32.2. The summed E-state index contributed by atoms with van der Waals surface area (Å²) in [5.74, 6) is 1.68. The van der Waals surface area contributed by atoms with Crippen molar-refractivity contribution in [3.8, 4) is 0 Å². The van der Waals surface area contributed by atoms with Crippen molar-refractivity contribution in [1.82, 2.24) is 10.2 Å². The van der Waals surface area contributed by atoms with Crippen LogP contribution in [0.4, 0.5) is 4.79 Å². The molecule has 2 aromatic rings. The van der Waals surface area contributed by atoms with Crippen LogP contribution in [-0.2, 0) is 16.6 Å². The number of hydrogen-bond acceptors (Lipinski definition) is 3. The Morgan fingerprint density at radius 1 is 1.26 bits per heavy atom. The van der Waals surface area contributed by atoms with Crippen LogP contribution in [0, 0.1) is 0 Å². The number of nitrogens with zero attached hydrogens (tertiary/aromatic N) is 1. The number of rotatable bonds is 7. The number of hydrogen-bond donors (Lipinski definition) is 1. The van der Waals surface area contributed by atoms with E-state index in [1.54, 1.807) is 24.3 Å². The Hall–Kier alpha value is -2.08. The summed E-state index contributed by atoms with van der Waals surface area (Å²) in [6.07, 6.45) is 1.59. The molecule has 124 valence electrons. The molecule has 0 aliphatic heterocycles. The van der Waals surface area contributed by atoms with Gasteiger partial charge in [0.05, 0.1) is 12.3 Å². The summed E-state index contributed by atoms with van der Waals surface area (Å²) in [5.41, 5.74) is 1.04. The smallest absolute Gasteiger partial charge is 0.317 e. The van der Waals surface area contributed by atoms with E-state index in [0.29, 0.717) is 18.1 Å². The number of benzene rings is 1. The molecule has 0 saturated carbocycles. The summed E-state index contributed by atoms with van der Waals surface area (Å²) in [4.78, 5) is 13.7. The van der Waals surface area contributed by atoms with Gasteiger partial charge in [-0.2, -0.15) is 0 Å². The van der Waals surface area contributed by atoms with Crippen molar-refractivity contribution < 1.29 is 13.4 Å². The van der Waals surface area contributed by atoms with Crippen LogP contribution in [-0.4, -0.2) is 34.5 Å². The van der Waals surface area contributed by atoms with Crippen molar-refractivity contribution >= 4 is 16.8 Å². The fraction of sp³-hybridized carbons (Fsp3) is 0.353. The van der Waals surface area contributed by atoms with Crippen molar-refractivity contribution in [2.24, 2.45) is 0 Å². The normalized spacial score (nSPS) is 13.3. The van der Waals surface area contributed by atoms with Gasteiger partial charge in [-0.15, -0.1) is 0 Å². The van der Waals surface area contributed by atoms with Crippen LogP contribution < -0.4 is 5.32 Å². The van der Waals surface area contributed by atoms with Gasteiger partial charge in [0.15, 0.2) is 0 Å². The lowest BCUT2D eigenvalue weighted by Crippen LogP contribution is -2.40. The van der Waals surface area contributed by atoms with Crippen molar-refractivity contribution in [3.05, 3.63) is 60.1 Å². The highest BCUT2D eigenvalue weighted by molar-refractivity contribution is 7.84. The topological polar surface area (TPSA) is 62.6 Å². The van der Waals surface area contributed by atoms with Gasteiger partial charge in [0.1, 0.15) is 5.76 Å². The molecule has 0 unspecified atom stereocenters. The van der Waals surface area contributed by atoms with E-state index in [0.717, 1.165) is 11.3 Å². The van der Waals surface area contributed by atoms with Crippen LogP contribution in [0.3, 0.4) is 0 Å². The molecule has 0 spiro atoms. The Kier molecular flexibility index (Phi) is 6.40. The second-order valence-electron chi connectivity index (χ2n) is 5.31. The lowest BCUT2D eigenvalue weighted by Gasteiger charge is -2.23. The van der Waals surface area contributed by atoms with Crippen LogP contribution in [0.2, 0.25) is 0 Å². The van der Waals surface area contributed by atoms with Gasteiger partial charge in [0, 0.05) is 35.9 Å². The summed E-state index contributed by atoms with van der Waals surface area (Å²) in [6, 6.07) is 13.0. The molecule has 1 aromatic heterocycles. The van der Waals surface area contributed by atoms with Gasteiger partial charge < -0.3 is 14.6 Å². The first-order valence-corrected chi connectivity index (χ1v) is 8.99. The maximum absolute atomic E-state index is 12.1. The largest absolute Gasteiger partial charge is 0.467 e. The number of carbonyl (C=O) groups excluding carboxylic acids is 1. The van der Waals surface area contributed by atoms with E-state index < -0.39 is 10.8 Å². The predicted molar refractivity (Wildman–Crippen MR) is 91.4 cm³/mol. The predicted octanol–water partition coefficient (Wildman–Crippen LogP) is 2.93. The molecule has 6 heteroatoms. The lowest BCUT2D eigenvalue weighted by atomic mass is 10.2. The molecule has 2 atom stereocenters. The molecule has 1 heterocycles. The SMILES string of the molecule is C[C@H](c1ccco1)N(C)C(=O)NCC[S@](=O)Cc1ccccc1. The van der Waals surface area contributed by atoms with Gasteiger partial charge in [-0.1, -0.05) is 30.3 Å². The molecule has 0 bridgehead atoms. The molecule has 1 aromatic carbocycles. The Bertz CT molecular complexity index is 629. The third-order valence-corrected chi connectivity index (χ3v) is 4.95. The van der Waals surface area contributed by atoms with Crippen LogP contribution in [0.25, 0.3) is 0 Å². The molecule has 0 aliphatic carbocycles. The molecule has 5 nitrogen and oxygen atoms in total. The van der Waals surface area contributed by atoms with E-state index >= 15 is 0 Å². The quantitative estimate of drug-likeness (QED) is 0.847. The van der Waals surface area contributed by atoms with Crippen molar-refractivity contribution in [3.63, 3.8) is 0 Å². The number of urea groups is 1. The van der Waals surface area contributed by atoms with E-state index in [2.05, 4.69) is 5.32 Å². The zero-order valence-electron chi connectivity index (χ0n) is 13.4. The standard InChI is InChI=1S/C17H22N2O3S/c1-14(16-9-6-11-22-16)19(2)17(20)18-10-12-23(21)13-15-7-4-3-5-8-15/h3-9,11,14H,10,12-13H2,1-2H3,(H,18,20)/t14-,23+/m1/s1. The second-order valence-corrected chi connectivity index (χ2v) is 6.88. The third kappa shape index (κ3) is 5.25. The minimum absolute atomic E-state index is 0.153. The van der Waals surface area contributed by atoms with E-state index in [1.807, 2.05) is 43.3 Å². The average molecular weight is 334 g/mol. The van der Waals surface area contributed by atoms with E-state index in [1.165, 1.54) is 0 Å². The summed E-state index contributed by atoms with van der Waals surface area (Å²) in [6.45, 7) is 2.28. The summed E-state index contributed by atoms with van der Waals surface area (Å²) in [7, 11) is 0.719. The monoisotopic (exact) mass is 334 g/mol. The highest BCUT2D eigenvalue weighted by Crippen LogP contribution is 2.18. The maximum Gasteiger partial charge on any atom is 0.317 e. The van der Waals surface area contributed by atoms with Gasteiger partial charge in [0.2, 0.25) is 0 Å². The Morgan fingerprint density at radius 3 is 2.65 bits per heavy atom. The molecular weight excluding hydrogens is 312 g/mol. The number of nitrogens with one attached hydrogen (secondary N) is 1. The lowest BCUT2D eigenvalue weighted by molar-refractivity contribution is 0.188. The Labute approximate surface area is 139 Å². The fourth-order valence-corrected chi connectivity index (χ4v) is 3.16. The summed E-state index contributed by atoms with van der Waals surface area (Å²) < 4.78 is 17.3. The Balaban J connectivity index is 1.73. The fourth-order valence-electron chi connectivity index (χ4n) is 2.12. The van der Waals surface area contributed by atoms with Gasteiger partial charge in [-0.25, -0.2) is 4.79 Å². The Morgan fingerprint density at radius 2 is 2.00 bits per heavy atom. The third-order valence-electron chi connectivity index (χ3n) is 3.63.